The molecule has 0 aromatic heterocycles. The first-order chi connectivity index (χ1) is 14.7. The van der Waals surface area contributed by atoms with Gasteiger partial charge in [0.2, 0.25) is 0 Å². The maximum absolute atomic E-state index is 5.94. The minimum atomic E-state index is 0.357. The Morgan fingerprint density at radius 2 is 1.87 bits per heavy atom. The summed E-state index contributed by atoms with van der Waals surface area (Å²) in [6, 6.07) is 23.1. The lowest BCUT2D eigenvalue weighted by atomic mass is 9.95. The first-order valence-corrected chi connectivity index (χ1v) is 11.6. The molecular weight excluding hydrogens is 366 g/mol. The maximum atomic E-state index is 5.94. The fraction of sp³-hybridized carbons (Fsp3) is 0.429. The molecule has 0 spiro atoms. The zero-order chi connectivity index (χ0) is 20.9. The minimum absolute atomic E-state index is 0.357. The van der Waals surface area contributed by atoms with Crippen LogP contribution in [0.1, 0.15) is 74.6 Å². The smallest absolute Gasteiger partial charge is 0.122 e. The molecule has 30 heavy (non-hydrogen) atoms. The molecule has 0 heterocycles. The van der Waals surface area contributed by atoms with Crippen LogP contribution in [0.25, 0.3) is 10.8 Å². The molecule has 0 unspecified atom stereocenters. The van der Waals surface area contributed by atoms with Crippen LogP contribution in [0.5, 0.6) is 5.75 Å². The largest absolute Gasteiger partial charge is 0.493 e. The van der Waals surface area contributed by atoms with Crippen LogP contribution in [0.4, 0.5) is 0 Å². The molecule has 3 aromatic carbocycles. The van der Waals surface area contributed by atoms with Gasteiger partial charge in [0.25, 0.3) is 0 Å². The molecule has 2 heteroatoms. The molecule has 0 bridgehead atoms. The number of unbranched alkanes of at least 4 members (excludes halogenated alkanes) is 1. The van der Waals surface area contributed by atoms with Crippen LogP contribution in [-0.2, 0) is 0 Å². The second-order valence-corrected chi connectivity index (χ2v) is 8.89. The van der Waals surface area contributed by atoms with Crippen molar-refractivity contribution in [2.24, 2.45) is 0 Å². The third-order valence-corrected chi connectivity index (χ3v) is 6.63. The Hall–Kier alpha value is -2.32. The van der Waals surface area contributed by atoms with E-state index in [2.05, 4.69) is 86.8 Å². The highest BCUT2D eigenvalue weighted by molar-refractivity contribution is 5.86. The lowest BCUT2D eigenvalue weighted by Gasteiger charge is -2.22. The van der Waals surface area contributed by atoms with Gasteiger partial charge in [-0.3, -0.25) is 0 Å². The second-order valence-electron chi connectivity index (χ2n) is 8.89. The fourth-order valence-electron chi connectivity index (χ4n) is 4.92. The van der Waals surface area contributed by atoms with Crippen molar-refractivity contribution in [3.8, 4) is 5.75 Å². The van der Waals surface area contributed by atoms with Crippen LogP contribution >= 0.6 is 0 Å². The van der Waals surface area contributed by atoms with Crippen LogP contribution in [0.3, 0.4) is 0 Å². The molecule has 0 saturated heterocycles. The molecule has 1 N–H and O–H groups in total. The number of hydrogen-bond donors (Lipinski definition) is 1. The highest BCUT2D eigenvalue weighted by atomic mass is 16.5. The van der Waals surface area contributed by atoms with Gasteiger partial charge >= 0.3 is 0 Å². The van der Waals surface area contributed by atoms with E-state index in [9.17, 15) is 0 Å². The molecular formula is C28H35NO. The average molecular weight is 402 g/mol. The summed E-state index contributed by atoms with van der Waals surface area (Å²) < 4.78 is 5.94. The number of benzene rings is 3. The van der Waals surface area contributed by atoms with Crippen LogP contribution in [0, 0.1) is 6.92 Å². The summed E-state index contributed by atoms with van der Waals surface area (Å²) in [5, 5.41) is 6.61. The van der Waals surface area contributed by atoms with Gasteiger partial charge in [0.15, 0.2) is 0 Å². The normalized spacial score (nSPS) is 19.8. The molecule has 158 valence electrons. The number of nitrogens with one attached hydrogen (secondary N) is 1. The number of hydrogen-bond acceptors (Lipinski definition) is 2. The summed E-state index contributed by atoms with van der Waals surface area (Å²) in [5.41, 5.74) is 4.14. The van der Waals surface area contributed by atoms with Crippen LogP contribution < -0.4 is 10.1 Å². The first kappa shape index (κ1) is 20.9. The van der Waals surface area contributed by atoms with Crippen molar-refractivity contribution < 1.29 is 4.74 Å². The van der Waals surface area contributed by atoms with E-state index in [1.807, 2.05) is 0 Å². The van der Waals surface area contributed by atoms with Gasteiger partial charge in [-0.1, -0.05) is 67.9 Å². The van der Waals surface area contributed by atoms with E-state index in [-0.39, 0.29) is 0 Å². The summed E-state index contributed by atoms with van der Waals surface area (Å²) in [6.07, 6.45) is 6.00. The van der Waals surface area contributed by atoms with E-state index in [1.165, 1.54) is 53.1 Å². The van der Waals surface area contributed by atoms with Crippen molar-refractivity contribution in [2.75, 3.05) is 6.61 Å². The topological polar surface area (TPSA) is 21.3 Å². The Morgan fingerprint density at radius 3 is 2.70 bits per heavy atom. The summed E-state index contributed by atoms with van der Waals surface area (Å²) in [4.78, 5) is 0. The van der Waals surface area contributed by atoms with Gasteiger partial charge < -0.3 is 10.1 Å². The van der Waals surface area contributed by atoms with Gasteiger partial charge in [-0.25, -0.2) is 0 Å². The molecule has 3 aromatic rings. The summed E-state index contributed by atoms with van der Waals surface area (Å²) >= 11 is 0. The predicted octanol–water partition coefficient (Wildman–Crippen LogP) is 7.31. The minimum Gasteiger partial charge on any atom is -0.493 e. The van der Waals surface area contributed by atoms with Crippen molar-refractivity contribution in [1.82, 2.24) is 5.32 Å². The molecule has 1 aliphatic rings. The quantitative estimate of drug-likeness (QED) is 0.399. The summed E-state index contributed by atoms with van der Waals surface area (Å²) in [6.45, 7) is 7.50. The van der Waals surface area contributed by atoms with E-state index in [0.717, 1.165) is 18.8 Å². The Kier molecular flexibility index (Phi) is 6.74. The highest BCUT2D eigenvalue weighted by Crippen LogP contribution is 2.37. The molecule has 0 radical (unpaired) electrons. The number of fused-ring (bicyclic) bond motifs is 1. The van der Waals surface area contributed by atoms with Gasteiger partial charge in [0.05, 0.1) is 6.61 Å². The van der Waals surface area contributed by atoms with E-state index in [1.54, 1.807) is 0 Å². The standard InChI is InChI=1S/C28H35NO/c1-4-5-17-30-28-16-14-23(18-20(28)2)24-13-15-25(19-24)29-21(3)26-12-8-10-22-9-6-7-11-27(22)26/h6-12,14,16,18,21,24-25,29H,4-5,13,15,17,19H2,1-3H3/t21-,24-,25+/m1/s1. The van der Waals surface area contributed by atoms with Gasteiger partial charge in [-0.05, 0) is 79.0 Å². The van der Waals surface area contributed by atoms with Crippen molar-refractivity contribution in [2.45, 2.75) is 70.9 Å². The number of rotatable bonds is 8. The van der Waals surface area contributed by atoms with Crippen LogP contribution in [0.15, 0.2) is 60.7 Å². The van der Waals surface area contributed by atoms with E-state index < -0.39 is 0 Å². The third kappa shape index (κ3) is 4.70. The fourth-order valence-corrected chi connectivity index (χ4v) is 4.92. The number of aryl methyl sites for hydroxylation is 1. The molecule has 2 nitrogen and oxygen atoms in total. The third-order valence-electron chi connectivity index (χ3n) is 6.63. The first-order valence-electron chi connectivity index (χ1n) is 11.6. The molecule has 1 fully saturated rings. The van der Waals surface area contributed by atoms with Gasteiger partial charge in [-0.15, -0.1) is 0 Å². The second kappa shape index (κ2) is 9.66. The SMILES string of the molecule is CCCCOc1ccc([C@@H]2CC[C@H](N[C@H](C)c3cccc4ccccc34)C2)cc1C. The summed E-state index contributed by atoms with van der Waals surface area (Å²) in [7, 11) is 0. The van der Waals surface area contributed by atoms with Crippen LogP contribution in [0.2, 0.25) is 0 Å². The molecule has 0 aliphatic heterocycles. The van der Waals surface area contributed by atoms with Crippen molar-refractivity contribution in [3.05, 3.63) is 77.4 Å². The zero-order valence-electron chi connectivity index (χ0n) is 18.7. The Labute approximate surface area is 181 Å². The predicted molar refractivity (Wildman–Crippen MR) is 127 cm³/mol. The molecule has 1 saturated carbocycles. The van der Waals surface area contributed by atoms with Crippen molar-refractivity contribution >= 4 is 10.8 Å². The van der Waals surface area contributed by atoms with Crippen LogP contribution in [-0.4, -0.2) is 12.6 Å². The Balaban J connectivity index is 1.39. The Morgan fingerprint density at radius 1 is 1.03 bits per heavy atom. The van der Waals surface area contributed by atoms with Crippen molar-refractivity contribution in [3.63, 3.8) is 0 Å². The van der Waals surface area contributed by atoms with E-state index in [0.29, 0.717) is 18.0 Å². The van der Waals surface area contributed by atoms with E-state index in [4.69, 9.17) is 4.74 Å². The maximum Gasteiger partial charge on any atom is 0.122 e. The lowest BCUT2D eigenvalue weighted by molar-refractivity contribution is 0.307. The zero-order valence-corrected chi connectivity index (χ0v) is 18.7. The molecule has 0 amide bonds. The summed E-state index contributed by atoms with van der Waals surface area (Å²) in [5.74, 6) is 1.69. The Bertz CT molecular complexity index is 974. The number of ether oxygens (including phenoxy) is 1. The molecule has 3 atom stereocenters. The highest BCUT2D eigenvalue weighted by Gasteiger charge is 2.27. The molecule has 4 rings (SSSR count). The monoisotopic (exact) mass is 401 g/mol. The molecule has 1 aliphatic carbocycles. The van der Waals surface area contributed by atoms with Gasteiger partial charge in [-0.2, -0.15) is 0 Å². The van der Waals surface area contributed by atoms with Gasteiger partial charge in [0, 0.05) is 12.1 Å². The lowest BCUT2D eigenvalue weighted by Crippen LogP contribution is -2.29. The van der Waals surface area contributed by atoms with Gasteiger partial charge in [0.1, 0.15) is 5.75 Å². The van der Waals surface area contributed by atoms with E-state index >= 15 is 0 Å². The van der Waals surface area contributed by atoms with Crippen molar-refractivity contribution in [1.29, 1.82) is 0 Å². The average Bonchev–Trinajstić information content (AvgIpc) is 3.23.